The van der Waals surface area contributed by atoms with Gasteiger partial charge in [0.2, 0.25) is 0 Å². The maximum atomic E-state index is 10.1. The molecule has 0 aliphatic heterocycles. The lowest BCUT2D eigenvalue weighted by Gasteiger charge is -2.03. The third kappa shape index (κ3) is 3.09. The SMILES string of the molecule is O=C(O)CCCOn1cccc1. The third-order valence-electron chi connectivity index (χ3n) is 1.35. The Balaban J connectivity index is 2.07. The number of rotatable bonds is 5. The van der Waals surface area contributed by atoms with Crippen molar-refractivity contribution in [2.24, 2.45) is 0 Å². The van der Waals surface area contributed by atoms with Crippen LogP contribution < -0.4 is 4.84 Å². The summed E-state index contributed by atoms with van der Waals surface area (Å²) in [5.74, 6) is -0.786. The molecule has 0 aliphatic carbocycles. The summed E-state index contributed by atoms with van der Waals surface area (Å²) in [6, 6.07) is 3.69. The Morgan fingerprint density at radius 1 is 1.42 bits per heavy atom. The molecule has 1 rings (SSSR count). The van der Waals surface area contributed by atoms with Gasteiger partial charge in [-0.3, -0.25) is 4.79 Å². The molecule has 0 fully saturated rings. The summed E-state index contributed by atoms with van der Waals surface area (Å²) in [6.07, 6.45) is 4.22. The van der Waals surface area contributed by atoms with Crippen LogP contribution >= 0.6 is 0 Å². The molecule has 0 atom stereocenters. The Bertz CT molecular complexity index is 230. The fourth-order valence-electron chi connectivity index (χ4n) is 0.798. The summed E-state index contributed by atoms with van der Waals surface area (Å²) in [6.45, 7) is 0.432. The molecule has 0 amide bonds. The first-order valence-corrected chi connectivity index (χ1v) is 3.77. The van der Waals surface area contributed by atoms with E-state index in [-0.39, 0.29) is 6.42 Å². The van der Waals surface area contributed by atoms with Gasteiger partial charge in [-0.25, -0.2) is 0 Å². The van der Waals surface area contributed by atoms with Crippen molar-refractivity contribution in [2.75, 3.05) is 6.61 Å². The van der Waals surface area contributed by atoms with E-state index >= 15 is 0 Å². The molecule has 1 aromatic heterocycles. The summed E-state index contributed by atoms with van der Waals surface area (Å²) in [4.78, 5) is 15.2. The fourth-order valence-corrected chi connectivity index (χ4v) is 0.798. The maximum Gasteiger partial charge on any atom is 0.303 e. The van der Waals surface area contributed by atoms with Crippen LogP contribution in [0.2, 0.25) is 0 Å². The van der Waals surface area contributed by atoms with Gasteiger partial charge >= 0.3 is 5.97 Å². The number of hydrogen-bond acceptors (Lipinski definition) is 2. The smallest absolute Gasteiger partial charge is 0.303 e. The van der Waals surface area contributed by atoms with Gasteiger partial charge in [0.05, 0.1) is 0 Å². The molecular formula is C8H11NO3. The molecule has 1 N–H and O–H groups in total. The molecule has 0 aliphatic rings. The zero-order valence-corrected chi connectivity index (χ0v) is 6.64. The van der Waals surface area contributed by atoms with E-state index in [4.69, 9.17) is 9.94 Å². The summed E-state index contributed by atoms with van der Waals surface area (Å²) in [7, 11) is 0. The number of nitrogens with zero attached hydrogens (tertiary/aromatic N) is 1. The number of hydrogen-bond donors (Lipinski definition) is 1. The molecule has 12 heavy (non-hydrogen) atoms. The molecule has 4 heteroatoms. The molecule has 1 heterocycles. The van der Waals surface area contributed by atoms with E-state index in [0.29, 0.717) is 13.0 Å². The molecule has 1 aromatic rings. The van der Waals surface area contributed by atoms with Crippen molar-refractivity contribution in [3.63, 3.8) is 0 Å². The van der Waals surface area contributed by atoms with Crippen LogP contribution in [0.1, 0.15) is 12.8 Å². The highest BCUT2D eigenvalue weighted by atomic mass is 16.7. The highest BCUT2D eigenvalue weighted by Crippen LogP contribution is 1.90. The highest BCUT2D eigenvalue weighted by molar-refractivity contribution is 5.66. The molecule has 0 unspecified atom stereocenters. The molecule has 66 valence electrons. The van der Waals surface area contributed by atoms with Gasteiger partial charge < -0.3 is 9.94 Å². The largest absolute Gasteiger partial charge is 0.481 e. The van der Waals surface area contributed by atoms with Crippen molar-refractivity contribution in [1.82, 2.24) is 4.73 Å². The molecule has 0 aromatic carbocycles. The van der Waals surface area contributed by atoms with Gasteiger partial charge in [-0.1, -0.05) is 0 Å². The zero-order valence-electron chi connectivity index (χ0n) is 6.64. The topological polar surface area (TPSA) is 51.5 Å². The predicted molar refractivity (Wildman–Crippen MR) is 42.7 cm³/mol. The minimum atomic E-state index is -0.786. The van der Waals surface area contributed by atoms with Crippen molar-refractivity contribution < 1.29 is 14.7 Å². The second kappa shape index (κ2) is 4.43. The van der Waals surface area contributed by atoms with E-state index in [9.17, 15) is 4.79 Å². The summed E-state index contributed by atoms with van der Waals surface area (Å²) in [5, 5.41) is 8.31. The Labute approximate surface area is 70.3 Å². The minimum Gasteiger partial charge on any atom is -0.481 e. The van der Waals surface area contributed by atoms with Crippen molar-refractivity contribution in [1.29, 1.82) is 0 Å². The molecule has 0 saturated carbocycles. The minimum absolute atomic E-state index is 0.154. The molecule has 0 saturated heterocycles. The van der Waals surface area contributed by atoms with Crippen LogP contribution in [0.25, 0.3) is 0 Å². The van der Waals surface area contributed by atoms with Gasteiger partial charge in [-0.05, 0) is 18.6 Å². The van der Waals surface area contributed by atoms with Gasteiger partial charge in [0.15, 0.2) is 0 Å². The van der Waals surface area contributed by atoms with Crippen molar-refractivity contribution in [3.8, 4) is 0 Å². The Morgan fingerprint density at radius 3 is 2.67 bits per heavy atom. The summed E-state index contributed by atoms with van der Waals surface area (Å²) < 4.78 is 1.56. The first-order chi connectivity index (χ1) is 5.79. The van der Waals surface area contributed by atoms with Gasteiger partial charge in [0.1, 0.15) is 6.61 Å². The fraction of sp³-hybridized carbons (Fsp3) is 0.375. The van der Waals surface area contributed by atoms with Crippen LogP contribution in [0.4, 0.5) is 0 Å². The van der Waals surface area contributed by atoms with Crippen LogP contribution in [0.3, 0.4) is 0 Å². The second-order valence-electron chi connectivity index (χ2n) is 2.37. The number of carbonyl (C=O) groups is 1. The zero-order chi connectivity index (χ0) is 8.81. The summed E-state index contributed by atoms with van der Waals surface area (Å²) >= 11 is 0. The predicted octanol–water partition coefficient (Wildman–Crippen LogP) is 0.781. The Hall–Kier alpha value is -1.45. The quantitative estimate of drug-likeness (QED) is 0.663. The standard InChI is InChI=1S/C8H11NO3/c10-8(11)4-3-7-12-9-5-1-2-6-9/h1-2,5-6H,3-4,7H2,(H,10,11). The van der Waals surface area contributed by atoms with E-state index in [2.05, 4.69) is 0 Å². The summed E-state index contributed by atoms with van der Waals surface area (Å²) in [5.41, 5.74) is 0. The lowest BCUT2D eigenvalue weighted by atomic mass is 10.3. The maximum absolute atomic E-state index is 10.1. The van der Waals surface area contributed by atoms with Gasteiger partial charge in [0, 0.05) is 18.8 Å². The normalized spacial score (nSPS) is 9.67. The van der Waals surface area contributed by atoms with Gasteiger partial charge in [0.25, 0.3) is 0 Å². The number of carboxylic acids is 1. The van der Waals surface area contributed by atoms with Crippen LogP contribution in [-0.2, 0) is 4.79 Å². The van der Waals surface area contributed by atoms with E-state index in [1.165, 1.54) is 0 Å². The van der Waals surface area contributed by atoms with Crippen molar-refractivity contribution in [2.45, 2.75) is 12.8 Å². The monoisotopic (exact) mass is 169 g/mol. The molecule has 4 nitrogen and oxygen atoms in total. The lowest BCUT2D eigenvalue weighted by Crippen LogP contribution is -2.11. The van der Waals surface area contributed by atoms with E-state index in [1.807, 2.05) is 12.1 Å². The van der Waals surface area contributed by atoms with Crippen molar-refractivity contribution in [3.05, 3.63) is 24.5 Å². The van der Waals surface area contributed by atoms with Crippen LogP contribution in [0.15, 0.2) is 24.5 Å². The third-order valence-corrected chi connectivity index (χ3v) is 1.35. The molecule has 0 radical (unpaired) electrons. The second-order valence-corrected chi connectivity index (χ2v) is 2.37. The van der Waals surface area contributed by atoms with Gasteiger partial charge in [-0.15, -0.1) is 0 Å². The molecule has 0 spiro atoms. The first-order valence-electron chi connectivity index (χ1n) is 3.77. The van der Waals surface area contributed by atoms with Crippen LogP contribution in [-0.4, -0.2) is 22.4 Å². The van der Waals surface area contributed by atoms with Crippen LogP contribution in [0, 0.1) is 0 Å². The lowest BCUT2D eigenvalue weighted by molar-refractivity contribution is -0.137. The Morgan fingerprint density at radius 2 is 2.08 bits per heavy atom. The molecule has 0 bridgehead atoms. The van der Waals surface area contributed by atoms with E-state index in [0.717, 1.165) is 0 Å². The highest BCUT2D eigenvalue weighted by Gasteiger charge is 1.96. The van der Waals surface area contributed by atoms with Crippen molar-refractivity contribution >= 4 is 5.97 Å². The van der Waals surface area contributed by atoms with E-state index in [1.54, 1.807) is 17.1 Å². The Kier molecular flexibility index (Phi) is 3.19. The number of carboxylic acid groups (broad SMARTS) is 1. The molecular weight excluding hydrogens is 158 g/mol. The number of aromatic nitrogens is 1. The average molecular weight is 169 g/mol. The average Bonchev–Trinajstić information content (AvgIpc) is 2.49. The number of aliphatic carboxylic acids is 1. The van der Waals surface area contributed by atoms with Crippen LogP contribution in [0.5, 0.6) is 0 Å². The van der Waals surface area contributed by atoms with Gasteiger partial charge in [-0.2, -0.15) is 4.73 Å². The van der Waals surface area contributed by atoms with E-state index < -0.39 is 5.97 Å². The first kappa shape index (κ1) is 8.64.